The molecule has 0 fully saturated rings. The van der Waals surface area contributed by atoms with Crippen molar-refractivity contribution in [1.29, 1.82) is 0 Å². The first kappa shape index (κ1) is 23.4. The number of ether oxygens (including phenoxy) is 3. The van der Waals surface area contributed by atoms with Crippen LogP contribution in [0, 0.1) is 5.82 Å². The zero-order chi connectivity index (χ0) is 25.1. The highest BCUT2D eigenvalue weighted by molar-refractivity contribution is 6.34. The van der Waals surface area contributed by atoms with E-state index in [9.17, 15) is 23.6 Å². The molecule has 1 heterocycles. The molecule has 4 rings (SSSR count). The lowest BCUT2D eigenvalue weighted by Crippen LogP contribution is -2.29. The molecule has 0 bridgehead atoms. The first-order valence-electron chi connectivity index (χ1n) is 10.3. The maximum Gasteiger partial charge on any atom is 0.338 e. The number of esters is 1. The molecule has 3 aromatic carbocycles. The Morgan fingerprint density at radius 3 is 2.29 bits per heavy atom. The Labute approximate surface area is 199 Å². The highest BCUT2D eigenvalue weighted by Crippen LogP contribution is 2.30. The van der Waals surface area contributed by atoms with Crippen LogP contribution in [0.3, 0.4) is 0 Å². The Morgan fingerprint density at radius 2 is 1.60 bits per heavy atom. The van der Waals surface area contributed by atoms with E-state index in [1.165, 1.54) is 44.6 Å². The molecular formula is C25H19FN2O7. The van der Waals surface area contributed by atoms with Crippen molar-refractivity contribution in [2.24, 2.45) is 0 Å². The van der Waals surface area contributed by atoms with Crippen LogP contribution in [0.2, 0.25) is 0 Å². The van der Waals surface area contributed by atoms with E-state index in [1.54, 1.807) is 18.2 Å². The lowest BCUT2D eigenvalue weighted by molar-refractivity contribution is -0.119. The molecule has 0 aliphatic carbocycles. The largest absolute Gasteiger partial charge is 0.497 e. The van der Waals surface area contributed by atoms with Gasteiger partial charge in [0.05, 0.1) is 42.3 Å². The van der Waals surface area contributed by atoms with Crippen molar-refractivity contribution in [3.63, 3.8) is 0 Å². The summed E-state index contributed by atoms with van der Waals surface area (Å²) in [6, 6.07) is 13.6. The Balaban J connectivity index is 1.44. The maximum absolute atomic E-state index is 13.2. The van der Waals surface area contributed by atoms with Crippen LogP contribution in [-0.2, 0) is 9.53 Å². The number of anilines is 2. The van der Waals surface area contributed by atoms with Gasteiger partial charge in [0, 0.05) is 6.07 Å². The number of hydrogen-bond donors (Lipinski definition) is 1. The van der Waals surface area contributed by atoms with Gasteiger partial charge in [-0.15, -0.1) is 0 Å². The zero-order valence-electron chi connectivity index (χ0n) is 18.7. The fraction of sp³-hybridized carbons (Fsp3) is 0.120. The van der Waals surface area contributed by atoms with E-state index in [2.05, 4.69) is 5.32 Å². The highest BCUT2D eigenvalue weighted by atomic mass is 19.1. The van der Waals surface area contributed by atoms with Crippen LogP contribution >= 0.6 is 0 Å². The summed E-state index contributed by atoms with van der Waals surface area (Å²) in [6.07, 6.45) is 0. The average Bonchev–Trinajstić information content (AvgIpc) is 3.12. The van der Waals surface area contributed by atoms with E-state index >= 15 is 0 Å². The van der Waals surface area contributed by atoms with Gasteiger partial charge >= 0.3 is 5.97 Å². The van der Waals surface area contributed by atoms with Crippen LogP contribution in [0.15, 0.2) is 60.7 Å². The minimum atomic E-state index is -0.860. The van der Waals surface area contributed by atoms with E-state index in [4.69, 9.17) is 14.2 Å². The third-order valence-corrected chi connectivity index (χ3v) is 5.22. The minimum absolute atomic E-state index is 0.000608. The van der Waals surface area contributed by atoms with E-state index < -0.39 is 36.1 Å². The van der Waals surface area contributed by atoms with Gasteiger partial charge in [-0.05, 0) is 54.6 Å². The van der Waals surface area contributed by atoms with Crippen LogP contribution in [0.5, 0.6) is 11.5 Å². The van der Waals surface area contributed by atoms with E-state index in [0.717, 1.165) is 17.0 Å². The van der Waals surface area contributed by atoms with Crippen LogP contribution in [0.4, 0.5) is 15.8 Å². The molecule has 3 aromatic rings. The van der Waals surface area contributed by atoms with Gasteiger partial charge in [0.2, 0.25) is 0 Å². The van der Waals surface area contributed by atoms with E-state index in [0.29, 0.717) is 17.2 Å². The van der Waals surface area contributed by atoms with E-state index in [1.807, 2.05) is 0 Å². The van der Waals surface area contributed by atoms with Gasteiger partial charge in [0.15, 0.2) is 6.61 Å². The number of fused-ring (bicyclic) bond motifs is 1. The van der Waals surface area contributed by atoms with Gasteiger partial charge in [-0.1, -0.05) is 0 Å². The molecule has 1 aliphatic heterocycles. The molecular weight excluding hydrogens is 459 g/mol. The first-order chi connectivity index (χ1) is 16.8. The SMILES string of the molecule is COc1ccc(OC)c(NC(=O)COC(=O)c2ccc3c(c2)C(=O)N(c2ccc(F)cc2)C3=O)c1. The minimum Gasteiger partial charge on any atom is -0.497 e. The number of hydrogen-bond acceptors (Lipinski definition) is 7. The molecule has 1 aliphatic rings. The topological polar surface area (TPSA) is 111 Å². The highest BCUT2D eigenvalue weighted by Gasteiger charge is 2.37. The summed E-state index contributed by atoms with van der Waals surface area (Å²) in [5.41, 5.74) is 0.609. The quantitative estimate of drug-likeness (QED) is 0.409. The summed E-state index contributed by atoms with van der Waals surface area (Å²) in [5, 5.41) is 2.57. The van der Waals surface area contributed by atoms with Gasteiger partial charge < -0.3 is 19.5 Å². The third kappa shape index (κ3) is 4.67. The molecule has 1 N–H and O–H groups in total. The molecule has 0 radical (unpaired) electrons. The second-order valence-corrected chi connectivity index (χ2v) is 7.37. The number of methoxy groups -OCH3 is 2. The van der Waals surface area contributed by atoms with Gasteiger partial charge in [0.1, 0.15) is 17.3 Å². The number of nitrogens with zero attached hydrogens (tertiary/aromatic N) is 1. The summed E-state index contributed by atoms with van der Waals surface area (Å²) >= 11 is 0. The Hall–Kier alpha value is -4.73. The van der Waals surface area contributed by atoms with E-state index in [-0.39, 0.29) is 22.4 Å². The zero-order valence-corrected chi connectivity index (χ0v) is 18.7. The number of nitrogens with one attached hydrogen (secondary N) is 1. The van der Waals surface area contributed by atoms with Gasteiger partial charge in [-0.2, -0.15) is 0 Å². The fourth-order valence-corrected chi connectivity index (χ4v) is 3.50. The molecule has 0 aromatic heterocycles. The summed E-state index contributed by atoms with van der Waals surface area (Å²) in [7, 11) is 2.91. The van der Waals surface area contributed by atoms with Crippen molar-refractivity contribution in [2.75, 3.05) is 31.0 Å². The number of halogens is 1. The maximum atomic E-state index is 13.2. The number of imide groups is 1. The predicted octanol–water partition coefficient (Wildman–Crippen LogP) is 3.44. The molecule has 0 unspecified atom stereocenters. The van der Waals surface area contributed by atoms with Gasteiger partial charge in [0.25, 0.3) is 17.7 Å². The average molecular weight is 478 g/mol. The van der Waals surface area contributed by atoms with Crippen molar-refractivity contribution in [3.05, 3.63) is 83.2 Å². The molecule has 10 heteroatoms. The number of amides is 3. The first-order valence-corrected chi connectivity index (χ1v) is 10.3. The number of carbonyl (C=O) groups is 4. The Bertz CT molecular complexity index is 1340. The number of benzene rings is 3. The second-order valence-electron chi connectivity index (χ2n) is 7.37. The number of rotatable bonds is 7. The fourth-order valence-electron chi connectivity index (χ4n) is 3.50. The van der Waals surface area contributed by atoms with Crippen LogP contribution < -0.4 is 19.7 Å². The van der Waals surface area contributed by atoms with Crippen LogP contribution in [-0.4, -0.2) is 44.5 Å². The lowest BCUT2D eigenvalue weighted by atomic mass is 10.1. The molecule has 3 amide bonds. The smallest absolute Gasteiger partial charge is 0.338 e. The predicted molar refractivity (Wildman–Crippen MR) is 122 cm³/mol. The molecule has 0 atom stereocenters. The summed E-state index contributed by atoms with van der Waals surface area (Å²) in [5.74, 6) is -2.37. The van der Waals surface area contributed by atoms with Crippen molar-refractivity contribution in [2.45, 2.75) is 0 Å². The van der Waals surface area contributed by atoms with Crippen molar-refractivity contribution >= 4 is 35.1 Å². The normalized spacial score (nSPS) is 12.3. The van der Waals surface area contributed by atoms with Crippen molar-refractivity contribution in [3.8, 4) is 11.5 Å². The van der Waals surface area contributed by atoms with Gasteiger partial charge in [-0.3, -0.25) is 14.4 Å². The molecule has 0 saturated heterocycles. The molecule has 0 spiro atoms. The summed E-state index contributed by atoms with van der Waals surface area (Å²) in [6.45, 7) is -0.606. The third-order valence-electron chi connectivity index (χ3n) is 5.22. The lowest BCUT2D eigenvalue weighted by Gasteiger charge is -2.13. The van der Waals surface area contributed by atoms with Crippen molar-refractivity contribution in [1.82, 2.24) is 0 Å². The van der Waals surface area contributed by atoms with Crippen molar-refractivity contribution < 1.29 is 37.8 Å². The number of carbonyl (C=O) groups excluding carboxylic acids is 4. The summed E-state index contributed by atoms with van der Waals surface area (Å²) < 4.78 is 28.6. The molecule has 9 nitrogen and oxygen atoms in total. The van der Waals surface area contributed by atoms with Crippen LogP contribution in [0.1, 0.15) is 31.1 Å². The van der Waals surface area contributed by atoms with Crippen LogP contribution in [0.25, 0.3) is 0 Å². The molecule has 35 heavy (non-hydrogen) atoms. The van der Waals surface area contributed by atoms with Gasteiger partial charge in [-0.25, -0.2) is 14.1 Å². The summed E-state index contributed by atoms with van der Waals surface area (Å²) in [4.78, 5) is 51.2. The Kier molecular flexibility index (Phi) is 6.45. The Morgan fingerprint density at radius 1 is 0.886 bits per heavy atom. The second kappa shape index (κ2) is 9.64. The monoisotopic (exact) mass is 478 g/mol. The molecule has 0 saturated carbocycles. The standard InChI is InChI=1S/C25H19FN2O7/c1-33-17-8-10-21(34-2)20(12-17)27-22(29)13-35-25(32)14-3-9-18-19(11-14)24(31)28(23(18)30)16-6-4-15(26)5-7-16/h3-12H,13H2,1-2H3,(H,27,29). The molecule has 178 valence electrons.